The summed E-state index contributed by atoms with van der Waals surface area (Å²) in [7, 11) is -0.861. The molecule has 41 heavy (non-hydrogen) atoms. The van der Waals surface area contributed by atoms with Gasteiger partial charge in [0.15, 0.2) is 0 Å². The van der Waals surface area contributed by atoms with Crippen LogP contribution in [0.25, 0.3) is 16.0 Å². The number of ether oxygens (including phenoxy) is 1. The maximum Gasteiger partial charge on any atom is 0.0466 e. The van der Waals surface area contributed by atoms with Crippen molar-refractivity contribution in [3.8, 4) is 0 Å². The first-order valence-corrected chi connectivity index (χ1v) is 19.3. The number of benzene rings is 1. The van der Waals surface area contributed by atoms with Gasteiger partial charge in [-0.05, 0) is 52.4 Å². The van der Waals surface area contributed by atoms with Crippen molar-refractivity contribution < 1.29 is 30.6 Å². The summed E-state index contributed by atoms with van der Waals surface area (Å²) >= 11 is 0. The first-order chi connectivity index (χ1) is 18.7. The topological polar surface area (TPSA) is 51.5 Å². The van der Waals surface area contributed by atoms with Crippen molar-refractivity contribution in [3.05, 3.63) is 75.2 Å². The van der Waals surface area contributed by atoms with E-state index < -0.39 is 8.07 Å². The molecule has 0 amide bonds. The number of nitrogens with zero attached hydrogens (tertiary/aromatic N) is 3. The fourth-order valence-electron chi connectivity index (χ4n) is 6.09. The largest absolute Gasteiger partial charge is 0.684 e. The van der Waals surface area contributed by atoms with E-state index in [1.54, 1.807) is 0 Å². The van der Waals surface area contributed by atoms with Crippen LogP contribution < -0.4 is 0 Å². The summed E-state index contributed by atoms with van der Waals surface area (Å²) < 4.78 is 4.94. The Morgan fingerprint density at radius 3 is 1.95 bits per heavy atom. The zero-order valence-corrected chi connectivity index (χ0v) is 30.9. The third-order valence-electron chi connectivity index (χ3n) is 7.79. The van der Waals surface area contributed by atoms with Gasteiger partial charge in [-0.15, -0.1) is 45.5 Å². The van der Waals surface area contributed by atoms with Crippen molar-refractivity contribution in [2.75, 3.05) is 32.8 Å². The molecule has 0 bridgehead atoms. The molecule has 4 nitrogen and oxygen atoms in total. The number of hydrogen-bond donors (Lipinski definition) is 0. The Morgan fingerprint density at radius 1 is 0.976 bits per heavy atom. The summed E-state index contributed by atoms with van der Waals surface area (Å²) in [6.45, 7) is 30.8. The van der Waals surface area contributed by atoms with Crippen LogP contribution in [0.3, 0.4) is 0 Å². The molecule has 0 spiro atoms. The van der Waals surface area contributed by atoms with E-state index in [4.69, 9.17) is 20.7 Å². The minimum Gasteiger partial charge on any atom is -0.684 e. The van der Waals surface area contributed by atoms with Gasteiger partial charge in [0, 0.05) is 39.1 Å². The summed E-state index contributed by atoms with van der Waals surface area (Å²) in [5.41, 5.74) is 5.91. The molecular formula is C35H59N3OScSi-4. The number of allylic oxidation sites excluding steroid dienone is 2. The van der Waals surface area contributed by atoms with E-state index in [0.717, 1.165) is 50.2 Å². The molecule has 6 heteroatoms. The predicted molar refractivity (Wildman–Crippen MR) is 180 cm³/mol. The molecule has 1 aliphatic carbocycles. The predicted octanol–water partition coefficient (Wildman–Crippen LogP) is 10.4. The van der Waals surface area contributed by atoms with Gasteiger partial charge in [0.05, 0.1) is 0 Å². The maximum atomic E-state index is 5.31. The van der Waals surface area contributed by atoms with Gasteiger partial charge in [0.25, 0.3) is 0 Å². The van der Waals surface area contributed by atoms with E-state index in [1.165, 1.54) is 42.4 Å². The van der Waals surface area contributed by atoms with Crippen LogP contribution in [0.2, 0.25) is 19.6 Å². The van der Waals surface area contributed by atoms with Crippen molar-refractivity contribution in [1.82, 2.24) is 0 Å². The van der Waals surface area contributed by atoms with Crippen LogP contribution in [-0.2, 0) is 30.6 Å². The van der Waals surface area contributed by atoms with E-state index >= 15 is 0 Å². The van der Waals surface area contributed by atoms with Crippen molar-refractivity contribution in [3.63, 3.8) is 0 Å². The van der Waals surface area contributed by atoms with E-state index in [9.17, 15) is 0 Å². The molecule has 4 rings (SSSR count). The molecule has 1 aromatic carbocycles. The molecule has 0 aromatic heterocycles. The van der Waals surface area contributed by atoms with Gasteiger partial charge in [-0.2, -0.15) is 5.70 Å². The van der Waals surface area contributed by atoms with Gasteiger partial charge in [0.1, 0.15) is 0 Å². The first kappa shape index (κ1) is 38.3. The van der Waals surface area contributed by atoms with Gasteiger partial charge in [-0.25, -0.2) is 0 Å². The molecule has 3 unspecified atom stereocenters. The monoisotopic (exact) mass is 610 g/mol. The van der Waals surface area contributed by atoms with Crippen molar-refractivity contribution in [2.45, 2.75) is 99.8 Å². The van der Waals surface area contributed by atoms with Crippen LogP contribution >= 0.6 is 0 Å². The second-order valence-electron chi connectivity index (χ2n) is 14.2. The third-order valence-corrected chi connectivity index (χ3v) is 7.79. The van der Waals surface area contributed by atoms with Crippen molar-refractivity contribution in [2.24, 2.45) is 23.2 Å². The van der Waals surface area contributed by atoms with E-state index in [1.807, 2.05) is 0 Å². The fraction of sp³-hybridized carbons (Fsp3) is 0.686. The Kier molecular flexibility index (Phi) is 17.0. The maximum absolute atomic E-state index is 5.31. The molecule has 3 aliphatic rings. The molecule has 2 heterocycles. The fourth-order valence-corrected chi connectivity index (χ4v) is 6.09. The molecule has 1 saturated carbocycles. The Labute approximate surface area is 274 Å². The Morgan fingerprint density at radius 2 is 1.51 bits per heavy atom. The number of rotatable bonds is 7. The summed E-state index contributed by atoms with van der Waals surface area (Å²) in [6, 6.07) is 4.91. The Bertz CT molecular complexity index is 920. The molecule has 1 radical (unpaired) electrons. The van der Waals surface area contributed by atoms with E-state index in [-0.39, 0.29) is 31.3 Å². The SMILES string of the molecule is C1CCOC1.Cc1cc(C)c([N-]CC(C)(C[N-]C2C(C)CC(C)CC2C)C2=CC=CC[N-]2)c(C)c1.[CH2-][Si](C)(C)C.[Sc]. The molecular weight excluding hydrogens is 551 g/mol. The average Bonchev–Trinajstić information content (AvgIpc) is 3.43. The summed E-state index contributed by atoms with van der Waals surface area (Å²) in [6.07, 6.45) is 11.5. The Hall–Kier alpha value is -0.693. The van der Waals surface area contributed by atoms with Gasteiger partial charge >= 0.3 is 0 Å². The Balaban J connectivity index is 0.000000648. The standard InChI is InChI=1S/C27H40N3.C4H8O.C4H11Si.Sc/c1-18-12-20(3)25(21(4)13-18)29-16-27(7,24-10-8-9-11-28-24)17-30-26-22(5)14-19(2)15-23(26)6;1-2-4-5-3-1;1-5(2,3)4;/h8-10,12-13,19,22-23,26H,11,14-17H2,1-7H3;1-4H2;1H2,2-4H3;/q-3;;-1;. The van der Waals surface area contributed by atoms with Crippen LogP contribution in [0.5, 0.6) is 0 Å². The van der Waals surface area contributed by atoms with Crippen LogP contribution in [0, 0.1) is 50.5 Å². The molecule has 2 aliphatic heterocycles. The number of aryl methyl sites for hydroxylation is 3. The van der Waals surface area contributed by atoms with E-state index in [2.05, 4.69) is 105 Å². The van der Waals surface area contributed by atoms with E-state index in [0.29, 0.717) is 17.9 Å². The zero-order chi connectivity index (χ0) is 29.9. The summed E-state index contributed by atoms with van der Waals surface area (Å²) in [5.74, 6) is 2.13. The van der Waals surface area contributed by atoms with Crippen LogP contribution in [0.15, 0.2) is 36.1 Å². The third kappa shape index (κ3) is 14.1. The smallest absolute Gasteiger partial charge is 0.0466 e. The van der Waals surface area contributed by atoms with Gasteiger partial charge < -0.3 is 27.2 Å². The van der Waals surface area contributed by atoms with Crippen molar-refractivity contribution in [1.29, 1.82) is 0 Å². The summed E-state index contributed by atoms with van der Waals surface area (Å²) in [4.78, 5) is 0. The van der Waals surface area contributed by atoms with Gasteiger partial charge in [-0.1, -0.05) is 106 Å². The second kappa shape index (κ2) is 18.2. The van der Waals surface area contributed by atoms with Gasteiger partial charge in [-0.3, -0.25) is 0 Å². The quantitative estimate of drug-likeness (QED) is 0.224. The molecule has 231 valence electrons. The molecule has 0 N–H and O–H groups in total. The number of hydrogen-bond acceptors (Lipinski definition) is 1. The normalized spacial score (nSPS) is 25.2. The summed E-state index contributed by atoms with van der Waals surface area (Å²) in [5, 5.41) is 15.3. The molecule has 3 atom stereocenters. The van der Waals surface area contributed by atoms with Crippen LogP contribution in [0.4, 0.5) is 5.69 Å². The minimum absolute atomic E-state index is 0. The zero-order valence-electron chi connectivity index (χ0n) is 28.1. The second-order valence-corrected chi connectivity index (χ2v) is 19.3. The minimum atomic E-state index is -0.861. The molecule has 1 aromatic rings. The first-order valence-electron chi connectivity index (χ1n) is 15.6. The van der Waals surface area contributed by atoms with Crippen molar-refractivity contribution >= 4 is 13.8 Å². The average molecular weight is 611 g/mol. The van der Waals surface area contributed by atoms with Crippen LogP contribution in [-0.4, -0.2) is 47.0 Å². The molecule has 1 saturated heterocycles. The van der Waals surface area contributed by atoms with Gasteiger partial charge in [0.2, 0.25) is 0 Å². The van der Waals surface area contributed by atoms with Crippen LogP contribution in [0.1, 0.15) is 70.1 Å². The molecule has 2 fully saturated rings.